The Balaban J connectivity index is 1.58. The molecule has 2 N–H and O–H groups in total. The fourth-order valence-corrected chi connectivity index (χ4v) is 5.23. The molecule has 3 aliphatic heterocycles. The van der Waals surface area contributed by atoms with E-state index < -0.39 is 5.60 Å². The highest BCUT2D eigenvalue weighted by molar-refractivity contribution is 7.99. The number of thioether (sulfide) groups is 1. The zero-order valence-electron chi connectivity index (χ0n) is 13.6. The first-order valence-electron chi connectivity index (χ1n) is 8.48. The van der Waals surface area contributed by atoms with Crippen LogP contribution in [0.1, 0.15) is 32.1 Å². The first-order chi connectivity index (χ1) is 10.6. The minimum Gasteiger partial charge on any atom is -0.387 e. The number of nitrogens with zero attached hydrogens (tertiary/aromatic N) is 2. The molecule has 2 unspecified atom stereocenters. The van der Waals surface area contributed by atoms with Gasteiger partial charge in [0.15, 0.2) is 5.96 Å². The fraction of sp³-hybridized carbons (Fsp3) is 0.938. The Hall–Kier alpha value is -0.460. The molecule has 0 aromatic carbocycles. The van der Waals surface area contributed by atoms with Gasteiger partial charge in [-0.3, -0.25) is 4.99 Å². The van der Waals surface area contributed by atoms with Gasteiger partial charge in [-0.15, -0.1) is 0 Å². The summed E-state index contributed by atoms with van der Waals surface area (Å²) >= 11 is 1.83. The zero-order chi connectivity index (χ0) is 15.5. The predicted molar refractivity (Wildman–Crippen MR) is 91.5 cm³/mol. The van der Waals surface area contributed by atoms with E-state index in [1.807, 2.05) is 18.8 Å². The second kappa shape index (κ2) is 6.97. The van der Waals surface area contributed by atoms with E-state index in [2.05, 4.69) is 15.2 Å². The molecule has 126 valence electrons. The maximum Gasteiger partial charge on any atom is 0.193 e. The van der Waals surface area contributed by atoms with Crippen LogP contribution >= 0.6 is 11.8 Å². The Morgan fingerprint density at radius 2 is 2.23 bits per heavy atom. The molecule has 3 aliphatic rings. The van der Waals surface area contributed by atoms with Crippen molar-refractivity contribution in [2.75, 3.05) is 51.4 Å². The standard InChI is InChI=1S/C16H29N3O2S/c1-17-14(18-10-16(20)6-9-22-13-16)19-7-2-4-15(11-19)5-3-8-21-12-15/h20H,2-13H2,1H3,(H,17,18). The molecule has 0 amide bonds. The van der Waals surface area contributed by atoms with Crippen molar-refractivity contribution in [1.29, 1.82) is 0 Å². The number of nitrogens with one attached hydrogen (secondary N) is 1. The van der Waals surface area contributed by atoms with Crippen LogP contribution in [0, 0.1) is 5.41 Å². The van der Waals surface area contributed by atoms with Crippen molar-refractivity contribution in [3.05, 3.63) is 0 Å². The lowest BCUT2D eigenvalue weighted by atomic mass is 9.76. The minimum absolute atomic E-state index is 0.314. The topological polar surface area (TPSA) is 57.1 Å². The summed E-state index contributed by atoms with van der Waals surface area (Å²) < 4.78 is 5.75. The van der Waals surface area contributed by atoms with Gasteiger partial charge in [-0.1, -0.05) is 0 Å². The van der Waals surface area contributed by atoms with Gasteiger partial charge in [-0.25, -0.2) is 0 Å². The smallest absolute Gasteiger partial charge is 0.193 e. The SMILES string of the molecule is CN=C(NCC1(O)CCSC1)N1CCCC2(CCCOC2)C1. The summed E-state index contributed by atoms with van der Waals surface area (Å²) in [5.41, 5.74) is -0.254. The number of rotatable bonds is 2. The van der Waals surface area contributed by atoms with Gasteiger partial charge in [-0.05, 0) is 37.9 Å². The molecule has 2 atom stereocenters. The van der Waals surface area contributed by atoms with Crippen LogP contribution in [0.4, 0.5) is 0 Å². The highest BCUT2D eigenvalue weighted by atomic mass is 32.2. The number of aliphatic hydroxyl groups is 1. The molecule has 0 aromatic rings. The van der Waals surface area contributed by atoms with Crippen molar-refractivity contribution in [3.8, 4) is 0 Å². The molecular formula is C16H29N3O2S. The fourth-order valence-electron chi connectivity index (χ4n) is 3.93. The molecule has 3 rings (SSSR count). The van der Waals surface area contributed by atoms with Crippen LogP contribution in [-0.4, -0.2) is 73.0 Å². The zero-order valence-corrected chi connectivity index (χ0v) is 14.5. The summed E-state index contributed by atoms with van der Waals surface area (Å²) in [6.45, 7) is 4.49. The molecule has 0 aliphatic carbocycles. The van der Waals surface area contributed by atoms with Crippen molar-refractivity contribution in [2.45, 2.75) is 37.7 Å². The summed E-state index contributed by atoms with van der Waals surface area (Å²) in [4.78, 5) is 6.82. The average Bonchev–Trinajstić information content (AvgIpc) is 2.96. The minimum atomic E-state index is -0.567. The van der Waals surface area contributed by atoms with Crippen LogP contribution < -0.4 is 5.32 Å². The summed E-state index contributed by atoms with van der Waals surface area (Å²) in [6.07, 6.45) is 5.78. The van der Waals surface area contributed by atoms with E-state index in [-0.39, 0.29) is 0 Å². The monoisotopic (exact) mass is 327 g/mol. The average molecular weight is 327 g/mol. The molecule has 0 saturated carbocycles. The number of aliphatic imine (C=N–C) groups is 1. The Labute approximate surface area is 137 Å². The Morgan fingerprint density at radius 1 is 1.36 bits per heavy atom. The number of hydrogen-bond acceptors (Lipinski definition) is 4. The first-order valence-corrected chi connectivity index (χ1v) is 9.64. The molecule has 22 heavy (non-hydrogen) atoms. The third-order valence-corrected chi connectivity index (χ3v) is 6.47. The quantitative estimate of drug-likeness (QED) is 0.592. The van der Waals surface area contributed by atoms with Crippen LogP contribution in [0.25, 0.3) is 0 Å². The molecule has 3 saturated heterocycles. The number of piperidine rings is 1. The van der Waals surface area contributed by atoms with Gasteiger partial charge in [0.1, 0.15) is 0 Å². The van der Waals surface area contributed by atoms with Crippen LogP contribution in [0.3, 0.4) is 0 Å². The van der Waals surface area contributed by atoms with Gasteiger partial charge in [0.2, 0.25) is 0 Å². The molecule has 3 heterocycles. The van der Waals surface area contributed by atoms with Crippen LogP contribution in [-0.2, 0) is 4.74 Å². The third-order valence-electron chi connectivity index (χ3n) is 5.23. The van der Waals surface area contributed by atoms with Gasteiger partial charge in [0.05, 0.1) is 12.2 Å². The van der Waals surface area contributed by atoms with Crippen molar-refractivity contribution in [2.24, 2.45) is 10.4 Å². The van der Waals surface area contributed by atoms with Gasteiger partial charge >= 0.3 is 0 Å². The van der Waals surface area contributed by atoms with E-state index in [1.165, 1.54) is 25.7 Å². The number of likely N-dealkylation sites (tertiary alicyclic amines) is 1. The highest BCUT2D eigenvalue weighted by Crippen LogP contribution is 2.37. The predicted octanol–water partition coefficient (Wildman–Crippen LogP) is 1.32. The Kier molecular flexibility index (Phi) is 5.20. The van der Waals surface area contributed by atoms with Gasteiger partial charge in [-0.2, -0.15) is 11.8 Å². The van der Waals surface area contributed by atoms with Crippen molar-refractivity contribution >= 4 is 17.7 Å². The lowest BCUT2D eigenvalue weighted by Gasteiger charge is -2.46. The van der Waals surface area contributed by atoms with Crippen molar-refractivity contribution in [3.63, 3.8) is 0 Å². The summed E-state index contributed by atoms with van der Waals surface area (Å²) in [6, 6.07) is 0. The number of hydrogen-bond donors (Lipinski definition) is 2. The molecule has 0 radical (unpaired) electrons. The summed E-state index contributed by atoms with van der Waals surface area (Å²) in [7, 11) is 1.84. The first kappa shape index (κ1) is 16.4. The van der Waals surface area contributed by atoms with E-state index in [0.717, 1.165) is 50.2 Å². The molecule has 0 aromatic heterocycles. The van der Waals surface area contributed by atoms with E-state index in [9.17, 15) is 5.11 Å². The van der Waals surface area contributed by atoms with E-state index in [4.69, 9.17) is 4.74 Å². The maximum absolute atomic E-state index is 10.5. The lowest BCUT2D eigenvalue weighted by Crippen LogP contribution is -2.55. The molecule has 3 fully saturated rings. The normalized spacial score (nSPS) is 36.8. The molecule has 6 heteroatoms. The van der Waals surface area contributed by atoms with E-state index >= 15 is 0 Å². The van der Waals surface area contributed by atoms with Crippen LogP contribution in [0.5, 0.6) is 0 Å². The van der Waals surface area contributed by atoms with Crippen molar-refractivity contribution < 1.29 is 9.84 Å². The molecule has 5 nitrogen and oxygen atoms in total. The second-order valence-corrected chi connectivity index (χ2v) is 8.21. The van der Waals surface area contributed by atoms with E-state index in [1.54, 1.807) is 0 Å². The second-order valence-electron chi connectivity index (χ2n) is 7.11. The molecule has 0 bridgehead atoms. The summed E-state index contributed by atoms with van der Waals surface area (Å²) in [5, 5.41) is 13.9. The summed E-state index contributed by atoms with van der Waals surface area (Å²) in [5.74, 6) is 2.82. The largest absolute Gasteiger partial charge is 0.387 e. The third kappa shape index (κ3) is 3.71. The van der Waals surface area contributed by atoms with Crippen molar-refractivity contribution in [1.82, 2.24) is 10.2 Å². The Bertz CT molecular complexity index is 399. The highest BCUT2D eigenvalue weighted by Gasteiger charge is 2.39. The van der Waals surface area contributed by atoms with Gasteiger partial charge in [0, 0.05) is 44.5 Å². The number of ether oxygens (including phenoxy) is 1. The molecular weight excluding hydrogens is 298 g/mol. The maximum atomic E-state index is 10.5. The number of guanidine groups is 1. The molecule has 1 spiro atoms. The van der Waals surface area contributed by atoms with Crippen LogP contribution in [0.15, 0.2) is 4.99 Å². The van der Waals surface area contributed by atoms with Gasteiger partial charge < -0.3 is 20.1 Å². The van der Waals surface area contributed by atoms with Gasteiger partial charge in [0.25, 0.3) is 0 Å². The van der Waals surface area contributed by atoms with Crippen LogP contribution in [0.2, 0.25) is 0 Å². The lowest BCUT2D eigenvalue weighted by molar-refractivity contribution is -0.0372. The van der Waals surface area contributed by atoms with E-state index in [0.29, 0.717) is 12.0 Å². The Morgan fingerprint density at radius 3 is 2.91 bits per heavy atom.